The number of hydrogen-bond acceptors (Lipinski definition) is 5. The molecule has 2 aromatic rings. The molecule has 2 aromatic heterocycles. The highest BCUT2D eigenvalue weighted by Crippen LogP contribution is 2.15. The van der Waals surface area contributed by atoms with Crippen molar-refractivity contribution in [3.8, 4) is 0 Å². The molecule has 0 aromatic carbocycles. The highest BCUT2D eigenvalue weighted by atomic mass is 16.5. The van der Waals surface area contributed by atoms with Gasteiger partial charge < -0.3 is 14.7 Å². The van der Waals surface area contributed by atoms with Crippen LogP contribution in [-0.2, 0) is 13.1 Å². The lowest BCUT2D eigenvalue weighted by Crippen LogP contribution is -2.40. The van der Waals surface area contributed by atoms with Gasteiger partial charge >= 0.3 is 6.03 Å². The Morgan fingerprint density at radius 3 is 2.67 bits per heavy atom. The van der Waals surface area contributed by atoms with Crippen LogP contribution < -0.4 is 5.32 Å². The van der Waals surface area contributed by atoms with Gasteiger partial charge in [0.1, 0.15) is 6.04 Å². The number of urea groups is 1. The lowest BCUT2D eigenvalue weighted by atomic mass is 10.2. The second-order valence-corrected chi connectivity index (χ2v) is 6.04. The third kappa shape index (κ3) is 4.33. The van der Waals surface area contributed by atoms with E-state index in [1.54, 1.807) is 11.1 Å². The number of carbonyl (C=O) groups is 1. The predicted octanol–water partition coefficient (Wildman–Crippen LogP) is 2.70. The number of aromatic nitrogens is 4. The third-order valence-corrected chi connectivity index (χ3v) is 3.74. The van der Waals surface area contributed by atoms with Gasteiger partial charge in [0.2, 0.25) is 5.89 Å². The fourth-order valence-corrected chi connectivity index (χ4v) is 2.20. The van der Waals surface area contributed by atoms with Crippen molar-refractivity contribution in [2.24, 2.45) is 0 Å². The van der Waals surface area contributed by atoms with Gasteiger partial charge in [0.25, 0.3) is 0 Å². The van der Waals surface area contributed by atoms with Gasteiger partial charge in [-0.05, 0) is 20.8 Å². The second-order valence-electron chi connectivity index (χ2n) is 6.04. The van der Waals surface area contributed by atoms with Crippen molar-refractivity contribution in [3.63, 3.8) is 0 Å². The number of nitrogens with one attached hydrogen (secondary N) is 1. The van der Waals surface area contributed by atoms with E-state index in [0.717, 1.165) is 12.1 Å². The molecule has 8 nitrogen and oxygen atoms in total. The van der Waals surface area contributed by atoms with Crippen LogP contribution in [0, 0.1) is 0 Å². The summed E-state index contributed by atoms with van der Waals surface area (Å²) in [7, 11) is 0. The molecule has 0 saturated heterocycles. The molecule has 0 aliphatic rings. The summed E-state index contributed by atoms with van der Waals surface area (Å²) in [6.07, 6.45) is 3.74. The molecule has 0 aliphatic carbocycles. The largest absolute Gasteiger partial charge is 0.337 e. The molecular formula is C16H26N6O2. The van der Waals surface area contributed by atoms with Gasteiger partial charge in [0, 0.05) is 30.8 Å². The third-order valence-electron chi connectivity index (χ3n) is 3.74. The minimum Gasteiger partial charge on any atom is -0.337 e. The zero-order valence-corrected chi connectivity index (χ0v) is 15.0. The maximum absolute atomic E-state index is 12.5. The number of rotatable bonds is 7. The van der Waals surface area contributed by atoms with E-state index >= 15 is 0 Å². The second kappa shape index (κ2) is 7.94. The first kappa shape index (κ1) is 18.0. The highest BCUT2D eigenvalue weighted by Gasteiger charge is 2.20. The number of nitrogens with zero attached hydrogens (tertiary/aromatic N) is 5. The minimum atomic E-state index is -0.343. The molecule has 8 heteroatoms. The highest BCUT2D eigenvalue weighted by molar-refractivity contribution is 5.74. The molecular weight excluding hydrogens is 308 g/mol. The zero-order chi connectivity index (χ0) is 17.7. The topological polar surface area (TPSA) is 89.1 Å². The Morgan fingerprint density at radius 2 is 2.12 bits per heavy atom. The fraction of sp³-hybridized carbons (Fsp3) is 0.625. The van der Waals surface area contributed by atoms with E-state index in [0.29, 0.717) is 24.8 Å². The SMILES string of the molecule is CCN(Cc1cnn(CC)c1)C(=O)NC(C)c1nc(C(C)C)no1. The molecule has 2 rings (SSSR count). The Hall–Kier alpha value is -2.38. The lowest BCUT2D eigenvalue weighted by molar-refractivity contribution is 0.191. The minimum absolute atomic E-state index is 0.168. The van der Waals surface area contributed by atoms with E-state index in [2.05, 4.69) is 20.6 Å². The Kier molecular flexibility index (Phi) is 5.94. The first-order chi connectivity index (χ1) is 11.4. The number of carbonyl (C=O) groups excluding carboxylic acids is 1. The summed E-state index contributed by atoms with van der Waals surface area (Å²) in [5, 5.41) is 11.1. The van der Waals surface area contributed by atoms with E-state index in [-0.39, 0.29) is 18.0 Å². The van der Waals surface area contributed by atoms with Crippen LogP contribution in [0.4, 0.5) is 4.79 Å². The summed E-state index contributed by atoms with van der Waals surface area (Å²) in [4.78, 5) is 18.5. The molecule has 1 atom stereocenters. The van der Waals surface area contributed by atoms with Crippen molar-refractivity contribution in [2.75, 3.05) is 6.54 Å². The maximum Gasteiger partial charge on any atom is 0.318 e. The Morgan fingerprint density at radius 1 is 1.38 bits per heavy atom. The molecule has 2 amide bonds. The molecule has 0 fully saturated rings. The van der Waals surface area contributed by atoms with Crippen LogP contribution in [-0.4, -0.2) is 37.4 Å². The van der Waals surface area contributed by atoms with Crippen LogP contribution in [0.25, 0.3) is 0 Å². The van der Waals surface area contributed by atoms with Crippen molar-refractivity contribution >= 4 is 6.03 Å². The van der Waals surface area contributed by atoms with Gasteiger partial charge in [0.15, 0.2) is 5.82 Å². The predicted molar refractivity (Wildman–Crippen MR) is 89.3 cm³/mol. The Labute approximate surface area is 142 Å². The van der Waals surface area contributed by atoms with Crippen molar-refractivity contribution in [2.45, 2.75) is 59.7 Å². The summed E-state index contributed by atoms with van der Waals surface area (Å²) >= 11 is 0. The molecule has 24 heavy (non-hydrogen) atoms. The van der Waals surface area contributed by atoms with Crippen LogP contribution in [0.3, 0.4) is 0 Å². The summed E-state index contributed by atoms with van der Waals surface area (Å²) in [6, 6.07) is -0.511. The van der Waals surface area contributed by atoms with E-state index in [1.807, 2.05) is 45.5 Å². The average molecular weight is 334 g/mol. The van der Waals surface area contributed by atoms with Crippen molar-refractivity contribution < 1.29 is 9.32 Å². The van der Waals surface area contributed by atoms with Gasteiger partial charge in [-0.25, -0.2) is 4.79 Å². The van der Waals surface area contributed by atoms with E-state index < -0.39 is 0 Å². The van der Waals surface area contributed by atoms with Crippen LogP contribution in [0.15, 0.2) is 16.9 Å². The summed E-state index contributed by atoms with van der Waals surface area (Å²) < 4.78 is 7.07. The summed E-state index contributed by atoms with van der Waals surface area (Å²) in [5.74, 6) is 1.25. The number of aryl methyl sites for hydroxylation is 1. The average Bonchev–Trinajstić information content (AvgIpc) is 3.21. The van der Waals surface area contributed by atoms with Crippen LogP contribution in [0.2, 0.25) is 0 Å². The fourth-order valence-electron chi connectivity index (χ4n) is 2.20. The molecule has 0 bridgehead atoms. The van der Waals surface area contributed by atoms with Crippen molar-refractivity contribution in [1.29, 1.82) is 0 Å². The lowest BCUT2D eigenvalue weighted by Gasteiger charge is -2.22. The van der Waals surface area contributed by atoms with E-state index in [1.165, 1.54) is 0 Å². The Bertz CT molecular complexity index is 663. The number of hydrogen-bond donors (Lipinski definition) is 1. The molecule has 0 saturated carbocycles. The van der Waals surface area contributed by atoms with Crippen LogP contribution in [0.5, 0.6) is 0 Å². The van der Waals surface area contributed by atoms with Gasteiger partial charge in [-0.2, -0.15) is 10.1 Å². The van der Waals surface area contributed by atoms with Crippen LogP contribution >= 0.6 is 0 Å². The standard InChI is InChI=1S/C16H26N6O2/c1-6-21(9-13-8-17-22(7-2)10-13)16(23)18-12(5)15-19-14(11(3)4)20-24-15/h8,10-12H,6-7,9H2,1-5H3,(H,18,23). The van der Waals surface area contributed by atoms with Crippen molar-refractivity contribution in [1.82, 2.24) is 30.1 Å². The van der Waals surface area contributed by atoms with E-state index in [9.17, 15) is 4.79 Å². The van der Waals surface area contributed by atoms with Crippen LogP contribution in [0.1, 0.15) is 63.9 Å². The first-order valence-electron chi connectivity index (χ1n) is 8.34. The van der Waals surface area contributed by atoms with E-state index in [4.69, 9.17) is 4.52 Å². The molecule has 0 spiro atoms. The Balaban J connectivity index is 1.97. The molecule has 1 unspecified atom stereocenters. The summed E-state index contributed by atoms with van der Waals surface area (Å²) in [6.45, 7) is 11.7. The van der Waals surface area contributed by atoms with Gasteiger partial charge in [-0.1, -0.05) is 19.0 Å². The smallest absolute Gasteiger partial charge is 0.318 e. The molecule has 132 valence electrons. The van der Waals surface area contributed by atoms with Gasteiger partial charge in [-0.15, -0.1) is 0 Å². The molecule has 1 N–H and O–H groups in total. The molecule has 0 aliphatic heterocycles. The van der Waals surface area contributed by atoms with Gasteiger partial charge in [0.05, 0.1) is 12.7 Å². The van der Waals surface area contributed by atoms with Gasteiger partial charge in [-0.3, -0.25) is 4.68 Å². The van der Waals surface area contributed by atoms with Crippen molar-refractivity contribution in [3.05, 3.63) is 29.7 Å². The molecule has 2 heterocycles. The molecule has 0 radical (unpaired) electrons. The normalized spacial score (nSPS) is 12.4. The summed E-state index contributed by atoms with van der Waals surface area (Å²) in [5.41, 5.74) is 1.00. The maximum atomic E-state index is 12.5. The monoisotopic (exact) mass is 334 g/mol. The zero-order valence-electron chi connectivity index (χ0n) is 15.0. The quantitative estimate of drug-likeness (QED) is 0.841. The first-order valence-corrected chi connectivity index (χ1v) is 8.34. The number of amides is 2.